The minimum atomic E-state index is 0.166. The van der Waals surface area contributed by atoms with Crippen LogP contribution >= 0.6 is 69.6 Å². The lowest BCUT2D eigenvalue weighted by atomic mass is 10.2. The van der Waals surface area contributed by atoms with E-state index in [1.165, 1.54) is 12.1 Å². The monoisotopic (exact) mass is 388 g/mol. The molecule has 0 saturated carbocycles. The van der Waals surface area contributed by atoms with Crippen LogP contribution in [0.15, 0.2) is 12.1 Å². The van der Waals surface area contributed by atoms with Gasteiger partial charge in [0.1, 0.15) is 10.0 Å². The van der Waals surface area contributed by atoms with Gasteiger partial charge in [-0.05, 0) is 12.1 Å². The molecule has 0 spiro atoms. The highest BCUT2D eigenvalue weighted by Crippen LogP contribution is 2.58. The summed E-state index contributed by atoms with van der Waals surface area (Å²) in [7, 11) is 0. The number of ether oxygens (including phenoxy) is 2. The quantitative estimate of drug-likeness (QED) is 0.370. The van der Waals surface area contributed by atoms with Gasteiger partial charge in [0.15, 0.2) is 23.0 Å². The molecule has 0 aliphatic carbocycles. The van der Waals surface area contributed by atoms with Gasteiger partial charge in [-0.3, -0.25) is 0 Å². The summed E-state index contributed by atoms with van der Waals surface area (Å²) in [5.74, 6) is 0.761. The minimum Gasteiger partial charge on any atom is -0.446 e. The van der Waals surface area contributed by atoms with Crippen LogP contribution in [-0.2, 0) is 0 Å². The van der Waals surface area contributed by atoms with Crippen molar-refractivity contribution in [2.75, 3.05) is 0 Å². The van der Waals surface area contributed by atoms with Gasteiger partial charge in [0.25, 0.3) is 0 Å². The zero-order valence-corrected chi connectivity index (χ0v) is 13.8. The highest BCUT2D eigenvalue weighted by Gasteiger charge is 2.30. The summed E-state index contributed by atoms with van der Waals surface area (Å²) in [5.41, 5.74) is 0. The van der Waals surface area contributed by atoms with Gasteiger partial charge in [-0.2, -0.15) is 0 Å². The van der Waals surface area contributed by atoms with Gasteiger partial charge in [-0.15, -0.1) is 0 Å². The molecular weight excluding hydrogens is 389 g/mol. The Labute approximate surface area is 144 Å². The summed E-state index contributed by atoms with van der Waals surface area (Å²) in [6, 6.07) is 2.89. The Morgan fingerprint density at radius 2 is 0.850 bits per heavy atom. The SMILES string of the molecule is Clc1cc(Cl)c2c(c1Cl)Oc1c(Cl)cc(Cl)c(Cl)c1O2. The second kappa shape index (κ2) is 5.20. The molecule has 1 aliphatic rings. The number of fused-ring (bicyclic) bond motifs is 2. The first-order valence-corrected chi connectivity index (χ1v) is 7.37. The molecule has 0 N–H and O–H groups in total. The van der Waals surface area contributed by atoms with Crippen molar-refractivity contribution in [2.24, 2.45) is 0 Å². The molecule has 0 amide bonds. The summed E-state index contributed by atoms with van der Waals surface area (Å²) in [4.78, 5) is 0. The largest absolute Gasteiger partial charge is 0.446 e. The summed E-state index contributed by atoms with van der Waals surface area (Å²) in [6.07, 6.45) is 0. The van der Waals surface area contributed by atoms with Crippen LogP contribution < -0.4 is 9.47 Å². The van der Waals surface area contributed by atoms with Gasteiger partial charge >= 0.3 is 0 Å². The third-order valence-corrected chi connectivity index (χ3v) is 4.68. The molecule has 1 aliphatic heterocycles. The normalized spacial score (nSPS) is 12.3. The van der Waals surface area contributed by atoms with E-state index in [-0.39, 0.29) is 53.1 Å². The molecule has 2 aromatic rings. The average Bonchev–Trinajstić information content (AvgIpc) is 2.41. The maximum atomic E-state index is 6.08. The minimum absolute atomic E-state index is 0.166. The van der Waals surface area contributed by atoms with Gasteiger partial charge in [-0.25, -0.2) is 0 Å². The Bertz CT molecular complexity index is 680. The predicted molar refractivity (Wildman–Crippen MR) is 83.1 cm³/mol. The van der Waals surface area contributed by atoms with E-state index in [0.29, 0.717) is 0 Å². The van der Waals surface area contributed by atoms with Crippen LogP contribution in [0.2, 0.25) is 30.1 Å². The Morgan fingerprint density at radius 1 is 0.500 bits per heavy atom. The summed E-state index contributed by atoms with van der Waals surface area (Å²) >= 11 is 36.2. The molecule has 0 aromatic heterocycles. The summed E-state index contributed by atoms with van der Waals surface area (Å²) in [6.45, 7) is 0. The van der Waals surface area contributed by atoms with Crippen molar-refractivity contribution in [1.29, 1.82) is 0 Å². The highest BCUT2D eigenvalue weighted by molar-refractivity contribution is 6.46. The molecule has 1 heterocycles. The molecule has 8 heteroatoms. The van der Waals surface area contributed by atoms with E-state index in [1.807, 2.05) is 0 Å². The zero-order chi connectivity index (χ0) is 14.6. The van der Waals surface area contributed by atoms with Crippen LogP contribution in [0.25, 0.3) is 0 Å². The van der Waals surface area contributed by atoms with Crippen LogP contribution in [0, 0.1) is 0 Å². The number of rotatable bonds is 0. The van der Waals surface area contributed by atoms with E-state index in [4.69, 9.17) is 79.1 Å². The van der Waals surface area contributed by atoms with E-state index < -0.39 is 0 Å². The average molecular weight is 391 g/mol. The van der Waals surface area contributed by atoms with Crippen molar-refractivity contribution in [2.45, 2.75) is 0 Å². The maximum Gasteiger partial charge on any atom is 0.191 e. The van der Waals surface area contributed by atoms with Crippen molar-refractivity contribution < 1.29 is 9.47 Å². The first-order valence-electron chi connectivity index (χ1n) is 5.11. The third kappa shape index (κ3) is 2.19. The molecule has 0 radical (unpaired) electrons. The Hall–Kier alpha value is -0.220. The fraction of sp³-hybridized carbons (Fsp3) is 0. The van der Waals surface area contributed by atoms with E-state index in [1.54, 1.807) is 0 Å². The molecule has 0 bridgehead atoms. The molecular formula is C12H2Cl6O2. The van der Waals surface area contributed by atoms with Crippen LogP contribution in [0.4, 0.5) is 0 Å². The molecule has 0 saturated heterocycles. The fourth-order valence-electron chi connectivity index (χ4n) is 1.69. The van der Waals surface area contributed by atoms with Crippen molar-refractivity contribution in [3.8, 4) is 23.0 Å². The molecule has 104 valence electrons. The van der Waals surface area contributed by atoms with Crippen LogP contribution in [0.5, 0.6) is 23.0 Å². The van der Waals surface area contributed by atoms with Crippen LogP contribution in [-0.4, -0.2) is 0 Å². The molecule has 20 heavy (non-hydrogen) atoms. The molecule has 0 fully saturated rings. The number of halogens is 6. The lowest BCUT2D eigenvalue weighted by Gasteiger charge is -2.24. The molecule has 0 atom stereocenters. The third-order valence-electron chi connectivity index (χ3n) is 2.58. The van der Waals surface area contributed by atoms with Crippen molar-refractivity contribution in [3.63, 3.8) is 0 Å². The topological polar surface area (TPSA) is 18.5 Å². The zero-order valence-electron chi connectivity index (χ0n) is 9.24. The summed E-state index contributed by atoms with van der Waals surface area (Å²) in [5, 5.41) is 1.26. The maximum absolute atomic E-state index is 6.08. The Balaban J connectivity index is 2.27. The van der Waals surface area contributed by atoms with E-state index in [0.717, 1.165) is 0 Å². The van der Waals surface area contributed by atoms with Crippen LogP contribution in [0.1, 0.15) is 0 Å². The van der Waals surface area contributed by atoms with Crippen molar-refractivity contribution in [3.05, 3.63) is 42.3 Å². The second-order valence-electron chi connectivity index (χ2n) is 3.83. The second-order valence-corrected chi connectivity index (χ2v) is 6.21. The lowest BCUT2D eigenvalue weighted by molar-refractivity contribution is 0.360. The lowest BCUT2D eigenvalue weighted by Crippen LogP contribution is -2.02. The van der Waals surface area contributed by atoms with E-state index in [2.05, 4.69) is 0 Å². The number of benzene rings is 2. The molecule has 2 nitrogen and oxygen atoms in total. The van der Waals surface area contributed by atoms with Crippen molar-refractivity contribution >= 4 is 69.6 Å². The smallest absolute Gasteiger partial charge is 0.191 e. The van der Waals surface area contributed by atoms with E-state index in [9.17, 15) is 0 Å². The highest BCUT2D eigenvalue weighted by atomic mass is 35.5. The summed E-state index contributed by atoms with van der Waals surface area (Å²) < 4.78 is 11.3. The molecule has 0 unspecified atom stereocenters. The first-order chi connectivity index (χ1) is 9.40. The first kappa shape index (κ1) is 14.7. The van der Waals surface area contributed by atoms with Gasteiger partial charge in [0.05, 0.1) is 20.1 Å². The number of hydrogen-bond donors (Lipinski definition) is 0. The molecule has 3 rings (SSSR count). The standard InChI is InChI=1S/C12H2Cl6O2/c13-3-1-5(15)9-11(7(3)17)20-10-6(16)2-4(14)8(18)12(10)19-9/h1-2H. The van der Waals surface area contributed by atoms with Gasteiger partial charge < -0.3 is 9.47 Å². The van der Waals surface area contributed by atoms with E-state index >= 15 is 0 Å². The van der Waals surface area contributed by atoms with Crippen LogP contribution in [0.3, 0.4) is 0 Å². The van der Waals surface area contributed by atoms with Gasteiger partial charge in [0, 0.05) is 0 Å². The molecule has 2 aromatic carbocycles. The fourth-order valence-corrected chi connectivity index (χ4v) is 3.02. The van der Waals surface area contributed by atoms with Crippen molar-refractivity contribution in [1.82, 2.24) is 0 Å². The number of hydrogen-bond acceptors (Lipinski definition) is 2. The van der Waals surface area contributed by atoms with Gasteiger partial charge in [-0.1, -0.05) is 69.6 Å². The van der Waals surface area contributed by atoms with Gasteiger partial charge in [0.2, 0.25) is 0 Å². The Kier molecular flexibility index (Phi) is 3.83. The predicted octanol–water partition coefficient (Wildman–Crippen LogP) is 7.50. The Morgan fingerprint density at radius 3 is 1.20 bits per heavy atom.